The molecule has 1 unspecified atom stereocenters. The fraction of sp³-hybridized carbons (Fsp3) is 0.467. The third-order valence-corrected chi connectivity index (χ3v) is 3.43. The number of carbonyl (C=O) groups is 1. The Morgan fingerprint density at radius 1 is 1.39 bits per heavy atom. The average molecular weight is 242 g/mol. The third-order valence-electron chi connectivity index (χ3n) is 3.43. The summed E-state index contributed by atoms with van der Waals surface area (Å²) in [5.41, 5.74) is 1.98. The van der Waals surface area contributed by atoms with Crippen molar-refractivity contribution in [3.05, 3.63) is 35.4 Å². The molecule has 0 spiro atoms. The van der Waals surface area contributed by atoms with Crippen molar-refractivity contribution in [2.45, 2.75) is 32.7 Å². The van der Waals surface area contributed by atoms with Gasteiger partial charge in [-0.1, -0.05) is 24.6 Å². The number of amides is 1. The van der Waals surface area contributed by atoms with Crippen LogP contribution >= 0.6 is 0 Å². The molecule has 0 N–H and O–H groups in total. The Kier molecular flexibility index (Phi) is 3.99. The van der Waals surface area contributed by atoms with Crippen LogP contribution in [0.4, 0.5) is 0 Å². The Morgan fingerprint density at radius 2 is 2.17 bits per heavy atom. The van der Waals surface area contributed by atoms with E-state index >= 15 is 0 Å². The van der Waals surface area contributed by atoms with Crippen LogP contribution in [0.1, 0.15) is 42.1 Å². The summed E-state index contributed by atoms with van der Waals surface area (Å²) in [6.07, 6.45) is 2.91. The van der Waals surface area contributed by atoms with Crippen molar-refractivity contribution < 1.29 is 4.79 Å². The van der Waals surface area contributed by atoms with Gasteiger partial charge in [0.1, 0.15) is 0 Å². The number of nitriles is 1. The Balaban J connectivity index is 1.80. The summed E-state index contributed by atoms with van der Waals surface area (Å²) in [4.78, 5) is 14.0. The smallest absolute Gasteiger partial charge is 0.254 e. The molecule has 1 aliphatic rings. The molecule has 1 aromatic carbocycles. The van der Waals surface area contributed by atoms with Gasteiger partial charge in [0.05, 0.1) is 6.07 Å². The molecule has 3 heteroatoms. The zero-order valence-corrected chi connectivity index (χ0v) is 10.7. The molecule has 0 saturated carbocycles. The molecule has 0 radical (unpaired) electrons. The molecule has 1 aliphatic heterocycles. The summed E-state index contributed by atoms with van der Waals surface area (Å²) >= 11 is 0. The lowest BCUT2D eigenvalue weighted by molar-refractivity contribution is 0.0775. The van der Waals surface area contributed by atoms with Gasteiger partial charge in [-0.05, 0) is 31.4 Å². The van der Waals surface area contributed by atoms with E-state index in [1.165, 1.54) is 0 Å². The molecular weight excluding hydrogens is 224 g/mol. The number of hydrogen-bond donors (Lipinski definition) is 0. The zero-order chi connectivity index (χ0) is 13.0. The van der Waals surface area contributed by atoms with Gasteiger partial charge in [-0.3, -0.25) is 4.79 Å². The van der Waals surface area contributed by atoms with Crippen LogP contribution < -0.4 is 0 Å². The number of benzene rings is 1. The topological polar surface area (TPSA) is 44.1 Å². The molecule has 0 saturated heterocycles. The third kappa shape index (κ3) is 2.70. The van der Waals surface area contributed by atoms with E-state index < -0.39 is 0 Å². The van der Waals surface area contributed by atoms with Crippen molar-refractivity contribution in [3.8, 4) is 6.07 Å². The minimum Gasteiger partial charge on any atom is -0.334 e. The maximum absolute atomic E-state index is 12.1. The Hall–Kier alpha value is -1.82. The van der Waals surface area contributed by atoms with E-state index in [4.69, 9.17) is 5.26 Å². The van der Waals surface area contributed by atoms with Crippen molar-refractivity contribution in [1.82, 2.24) is 4.90 Å². The van der Waals surface area contributed by atoms with Crippen molar-refractivity contribution in [3.63, 3.8) is 0 Å². The number of carbonyl (C=O) groups excluding carboxylic acids is 1. The average Bonchev–Trinajstić information content (AvgIpc) is 2.72. The molecule has 0 aromatic heterocycles. The van der Waals surface area contributed by atoms with E-state index in [9.17, 15) is 4.79 Å². The number of unbranched alkanes of at least 4 members (excludes halogenated alkanes) is 1. The summed E-state index contributed by atoms with van der Waals surface area (Å²) in [6.45, 7) is 3.48. The van der Waals surface area contributed by atoms with Crippen molar-refractivity contribution in [1.29, 1.82) is 5.26 Å². The lowest BCUT2D eigenvalue weighted by Gasteiger charge is -2.15. The molecule has 18 heavy (non-hydrogen) atoms. The molecule has 1 heterocycles. The van der Waals surface area contributed by atoms with Crippen LogP contribution in [0.3, 0.4) is 0 Å². The second-order valence-corrected chi connectivity index (χ2v) is 4.91. The zero-order valence-electron chi connectivity index (χ0n) is 10.7. The second kappa shape index (κ2) is 5.68. The van der Waals surface area contributed by atoms with Gasteiger partial charge in [-0.25, -0.2) is 0 Å². The monoisotopic (exact) mass is 242 g/mol. The minimum absolute atomic E-state index is 0.122. The second-order valence-electron chi connectivity index (χ2n) is 4.91. The largest absolute Gasteiger partial charge is 0.334 e. The molecule has 1 amide bonds. The first-order valence-corrected chi connectivity index (χ1v) is 6.49. The first-order chi connectivity index (χ1) is 8.72. The highest BCUT2D eigenvalue weighted by Gasteiger charge is 2.25. The predicted molar refractivity (Wildman–Crippen MR) is 69.8 cm³/mol. The Morgan fingerprint density at radius 3 is 2.89 bits per heavy atom. The van der Waals surface area contributed by atoms with Crippen molar-refractivity contribution in [2.75, 3.05) is 6.54 Å². The number of nitrogens with zero attached hydrogens (tertiary/aromatic N) is 2. The summed E-state index contributed by atoms with van der Waals surface area (Å²) in [6, 6.07) is 10.0. The Bertz CT molecular complexity index is 476. The van der Waals surface area contributed by atoms with Crippen molar-refractivity contribution >= 4 is 5.91 Å². The fourth-order valence-electron chi connectivity index (χ4n) is 2.31. The van der Waals surface area contributed by atoms with Gasteiger partial charge in [0.15, 0.2) is 0 Å². The molecule has 1 atom stereocenters. The van der Waals surface area contributed by atoms with Crippen LogP contribution in [0.25, 0.3) is 0 Å². The van der Waals surface area contributed by atoms with Gasteiger partial charge in [-0.15, -0.1) is 0 Å². The molecule has 3 nitrogen and oxygen atoms in total. The highest BCUT2D eigenvalue weighted by atomic mass is 16.2. The SMILES string of the molecule is CC(C#N)CCCCN1Cc2ccccc2C1=O. The van der Waals surface area contributed by atoms with Crippen LogP contribution in [0.15, 0.2) is 24.3 Å². The van der Waals surface area contributed by atoms with E-state index in [0.29, 0.717) is 0 Å². The molecule has 2 rings (SSSR count). The molecule has 0 fully saturated rings. The van der Waals surface area contributed by atoms with Crippen molar-refractivity contribution in [2.24, 2.45) is 5.92 Å². The number of hydrogen-bond acceptors (Lipinski definition) is 2. The van der Waals surface area contributed by atoms with Crippen LogP contribution in [-0.2, 0) is 6.54 Å². The van der Waals surface area contributed by atoms with E-state index in [1.807, 2.05) is 36.1 Å². The molecular formula is C15H18N2O. The maximum atomic E-state index is 12.1. The summed E-state index contributed by atoms with van der Waals surface area (Å²) in [5, 5.41) is 8.69. The predicted octanol–water partition coefficient (Wildman–Crippen LogP) is 2.97. The van der Waals surface area contributed by atoms with E-state index in [2.05, 4.69) is 6.07 Å². The number of fused-ring (bicyclic) bond motifs is 1. The van der Waals surface area contributed by atoms with Crippen LogP contribution in [0.5, 0.6) is 0 Å². The first-order valence-electron chi connectivity index (χ1n) is 6.49. The lowest BCUT2D eigenvalue weighted by atomic mass is 10.1. The van der Waals surface area contributed by atoms with Crippen LogP contribution in [0, 0.1) is 17.2 Å². The molecule has 0 aliphatic carbocycles. The van der Waals surface area contributed by atoms with Gasteiger partial charge < -0.3 is 4.90 Å². The van der Waals surface area contributed by atoms with E-state index in [1.54, 1.807) is 0 Å². The van der Waals surface area contributed by atoms with Crippen LogP contribution in [0.2, 0.25) is 0 Å². The molecule has 0 bridgehead atoms. The summed E-state index contributed by atoms with van der Waals surface area (Å²) < 4.78 is 0. The summed E-state index contributed by atoms with van der Waals surface area (Å²) in [5.74, 6) is 0.274. The van der Waals surface area contributed by atoms with Gasteiger partial charge in [-0.2, -0.15) is 5.26 Å². The minimum atomic E-state index is 0.122. The standard InChI is InChI=1S/C15H18N2O/c1-12(10-16)6-4-5-9-17-11-13-7-2-3-8-14(13)15(17)18/h2-3,7-8,12H,4-6,9,11H2,1H3. The molecule has 1 aromatic rings. The van der Waals surface area contributed by atoms with Gasteiger partial charge in [0, 0.05) is 24.6 Å². The van der Waals surface area contributed by atoms with Gasteiger partial charge >= 0.3 is 0 Å². The maximum Gasteiger partial charge on any atom is 0.254 e. The number of rotatable bonds is 5. The normalized spacial score (nSPS) is 15.3. The highest BCUT2D eigenvalue weighted by Crippen LogP contribution is 2.22. The highest BCUT2D eigenvalue weighted by molar-refractivity contribution is 5.98. The van der Waals surface area contributed by atoms with Crippen LogP contribution in [-0.4, -0.2) is 17.4 Å². The molecule has 94 valence electrons. The Labute approximate surface area is 108 Å². The van der Waals surface area contributed by atoms with Gasteiger partial charge in [0.2, 0.25) is 0 Å². The van der Waals surface area contributed by atoms with E-state index in [0.717, 1.165) is 43.5 Å². The van der Waals surface area contributed by atoms with E-state index in [-0.39, 0.29) is 11.8 Å². The fourth-order valence-corrected chi connectivity index (χ4v) is 2.31. The summed E-state index contributed by atoms with van der Waals surface area (Å²) in [7, 11) is 0. The lowest BCUT2D eigenvalue weighted by Crippen LogP contribution is -2.25. The first kappa shape index (κ1) is 12.6. The quantitative estimate of drug-likeness (QED) is 0.745. The van der Waals surface area contributed by atoms with Gasteiger partial charge in [0.25, 0.3) is 5.91 Å².